The molecule has 7 atom stereocenters. The molecule has 2 heterocycles. The molecular weight excluding hydrogens is 1220 g/mol. The van der Waals surface area contributed by atoms with Crippen molar-refractivity contribution >= 4 is 75.5 Å². The zero-order valence-electron chi connectivity index (χ0n) is 53.1. The normalized spacial score (nSPS) is 13.3. The quantitative estimate of drug-likeness (QED) is 0.0238. The van der Waals surface area contributed by atoms with E-state index in [-0.39, 0.29) is 75.6 Å². The van der Waals surface area contributed by atoms with Gasteiger partial charge in [0.1, 0.15) is 48.0 Å². The monoisotopic (exact) mass is 1300 g/mol. The highest BCUT2D eigenvalue weighted by atomic mass is 35.5. The van der Waals surface area contributed by atoms with Gasteiger partial charge >= 0.3 is 0 Å². The number of aromatic hydroxyl groups is 1. The molecule has 10 N–H and O–H groups in total. The van der Waals surface area contributed by atoms with Gasteiger partial charge in [-0.2, -0.15) is 0 Å². The average molecular weight is 1300 g/mol. The number of aliphatic hydroxyl groups excluding tert-OH is 1. The van der Waals surface area contributed by atoms with Crippen LogP contribution in [0, 0.1) is 5.92 Å². The smallest absolute Gasteiger partial charge is 0.252 e. The molecule has 7 rings (SSSR count). The number of amides is 9. The summed E-state index contributed by atoms with van der Waals surface area (Å²) in [6, 6.07) is 32.3. The first-order valence-electron chi connectivity index (χ1n) is 31.3. The lowest BCUT2D eigenvalue weighted by Gasteiger charge is -2.32. The molecule has 0 saturated carbocycles. The third-order valence-corrected chi connectivity index (χ3v) is 15.9. The summed E-state index contributed by atoms with van der Waals surface area (Å²) in [5, 5.41) is 45.9. The Hall–Kier alpha value is -10.1. The van der Waals surface area contributed by atoms with E-state index in [1.165, 1.54) is 56.8 Å². The van der Waals surface area contributed by atoms with Crippen LogP contribution in [0.2, 0.25) is 5.02 Å². The Bertz CT molecular complexity index is 3660. The van der Waals surface area contributed by atoms with E-state index in [4.69, 9.17) is 11.6 Å². The molecule has 0 aliphatic carbocycles. The van der Waals surface area contributed by atoms with Crippen LogP contribution < -0.4 is 42.5 Å². The van der Waals surface area contributed by atoms with Gasteiger partial charge in [0.2, 0.25) is 47.3 Å². The lowest BCUT2D eigenvalue weighted by atomic mass is 9.99. The van der Waals surface area contributed by atoms with Crippen LogP contribution in [0.4, 0.5) is 0 Å². The van der Waals surface area contributed by atoms with Gasteiger partial charge in [-0.05, 0) is 119 Å². The minimum absolute atomic E-state index is 0.0127. The maximum atomic E-state index is 15.0. The number of benzene rings is 5. The molecule has 0 aliphatic rings. The standard InChI is InChI=1S/C71H82ClN11O11/c1-45(2)36-58(65(88)76-35-31-47-14-6-5-7-15-47)79-66(89)57(20-10-11-34-75-64(87)54-19-13-33-74-43-54)78-70(93)63(41-49-24-29-56(86)30-25-49)83(4)71(94)62(44-84)82-69(92)61(40-51-16-12-32-73-42-51)81-68(91)60(38-48-22-27-55(72)28-23-48)80-67(90)59(77-46(3)85)39-50-21-26-52-17-8-9-18-53(52)37-50/h5-9,12-19,21-30,32-33,37,42-43,45,57-63,84,86H,10-11,20,31,34-36,38-41,44H2,1-4H3,(H,75,87)(H,76,88)(H,77,85)(H,78,93)(H,79,89)(H,80,90)(H,81,91)(H,82,92)/t57-,58+,59-,60-,61-,62+,63+/m1/s1. The zero-order chi connectivity index (χ0) is 67.5. The Labute approximate surface area is 551 Å². The number of nitrogens with one attached hydrogen (secondary N) is 8. The van der Waals surface area contributed by atoms with Gasteiger partial charge in [-0.25, -0.2) is 0 Å². The summed E-state index contributed by atoms with van der Waals surface area (Å²) < 4.78 is 0. The summed E-state index contributed by atoms with van der Waals surface area (Å²) >= 11 is 6.24. The van der Waals surface area contributed by atoms with Gasteiger partial charge in [0.25, 0.3) is 5.91 Å². The summed E-state index contributed by atoms with van der Waals surface area (Å²) in [6.07, 6.45) is 6.94. The second-order valence-corrected chi connectivity index (χ2v) is 23.9. The molecule has 0 aliphatic heterocycles. The number of carbonyl (C=O) groups excluding carboxylic acids is 9. The van der Waals surface area contributed by atoms with E-state index >= 15 is 4.79 Å². The molecule has 2 aromatic heterocycles. The zero-order valence-corrected chi connectivity index (χ0v) is 53.8. The lowest BCUT2D eigenvalue weighted by molar-refractivity contribution is -0.144. The molecule has 0 fully saturated rings. The van der Waals surface area contributed by atoms with Crippen molar-refractivity contribution in [1.29, 1.82) is 0 Å². The van der Waals surface area contributed by atoms with E-state index in [0.717, 1.165) is 26.8 Å². The number of nitrogens with zero attached hydrogens (tertiary/aromatic N) is 3. The first kappa shape index (κ1) is 71.4. The molecule has 9 amide bonds. The molecule has 0 saturated heterocycles. The van der Waals surface area contributed by atoms with Gasteiger partial charge in [0.05, 0.1) is 12.2 Å². The van der Waals surface area contributed by atoms with Gasteiger partial charge in [0, 0.05) is 82.6 Å². The molecule has 7 aromatic rings. The van der Waals surface area contributed by atoms with Crippen LogP contribution in [0.5, 0.6) is 5.75 Å². The molecule has 94 heavy (non-hydrogen) atoms. The predicted octanol–water partition coefficient (Wildman–Crippen LogP) is 5.01. The summed E-state index contributed by atoms with van der Waals surface area (Å²) in [7, 11) is 1.29. The van der Waals surface area contributed by atoms with Crippen molar-refractivity contribution in [2.24, 2.45) is 5.92 Å². The van der Waals surface area contributed by atoms with Gasteiger partial charge in [-0.1, -0.05) is 129 Å². The number of likely N-dealkylation sites (N-methyl/N-ethyl adjacent to an activating group) is 1. The van der Waals surface area contributed by atoms with Gasteiger partial charge in [-0.15, -0.1) is 0 Å². The van der Waals surface area contributed by atoms with Crippen LogP contribution in [0.15, 0.2) is 170 Å². The highest BCUT2D eigenvalue weighted by molar-refractivity contribution is 6.30. The minimum atomic E-state index is -1.75. The number of phenolic OH excluding ortho intramolecular Hbond substituents is 1. The first-order valence-corrected chi connectivity index (χ1v) is 31.7. The molecule has 494 valence electrons. The summed E-state index contributed by atoms with van der Waals surface area (Å²) in [4.78, 5) is 137. The van der Waals surface area contributed by atoms with Crippen molar-refractivity contribution in [1.82, 2.24) is 57.4 Å². The van der Waals surface area contributed by atoms with Crippen LogP contribution in [0.25, 0.3) is 10.8 Å². The third kappa shape index (κ3) is 22.7. The molecule has 23 heteroatoms. The number of aliphatic hydroxyl groups is 1. The number of fused-ring (bicyclic) bond motifs is 1. The van der Waals surface area contributed by atoms with Crippen molar-refractivity contribution in [2.45, 2.75) is 121 Å². The average Bonchev–Trinajstić information content (AvgIpc) is 0.881. The summed E-state index contributed by atoms with van der Waals surface area (Å²) in [5.74, 6) is -6.39. The van der Waals surface area contributed by atoms with E-state index in [0.29, 0.717) is 40.1 Å². The van der Waals surface area contributed by atoms with E-state index in [9.17, 15) is 48.6 Å². The molecular formula is C71H82ClN11O11. The van der Waals surface area contributed by atoms with Crippen LogP contribution >= 0.6 is 11.6 Å². The Morgan fingerprint density at radius 1 is 0.500 bits per heavy atom. The first-order chi connectivity index (χ1) is 45.2. The number of halogens is 1. The number of aromatic nitrogens is 2. The largest absolute Gasteiger partial charge is 0.508 e. The molecule has 0 radical (unpaired) electrons. The number of rotatable bonds is 34. The Morgan fingerprint density at radius 2 is 1.04 bits per heavy atom. The summed E-state index contributed by atoms with van der Waals surface area (Å²) in [6.45, 7) is 4.56. The third-order valence-electron chi connectivity index (χ3n) is 15.7. The van der Waals surface area contributed by atoms with Gasteiger partial charge in [-0.3, -0.25) is 53.1 Å². The highest BCUT2D eigenvalue weighted by Gasteiger charge is 2.37. The number of hydrogen-bond acceptors (Lipinski definition) is 13. The van der Waals surface area contributed by atoms with Crippen LogP contribution in [0.1, 0.15) is 84.6 Å². The Morgan fingerprint density at radius 3 is 1.67 bits per heavy atom. The second kappa shape index (κ2) is 36.3. The van der Waals surface area contributed by atoms with Crippen molar-refractivity contribution < 1.29 is 53.4 Å². The van der Waals surface area contributed by atoms with E-state index in [2.05, 4.69) is 52.5 Å². The molecule has 0 unspecified atom stereocenters. The minimum Gasteiger partial charge on any atom is -0.508 e. The van der Waals surface area contributed by atoms with E-state index < -0.39 is 96.2 Å². The lowest BCUT2D eigenvalue weighted by Crippen LogP contribution is -2.61. The summed E-state index contributed by atoms with van der Waals surface area (Å²) in [5.41, 5.74) is 3.60. The van der Waals surface area contributed by atoms with E-state index in [1.54, 1.807) is 54.7 Å². The number of unbranched alkanes of at least 4 members (excludes halogenated alkanes) is 1. The van der Waals surface area contributed by atoms with Gasteiger partial charge < -0.3 is 57.6 Å². The van der Waals surface area contributed by atoms with Crippen LogP contribution in [0.3, 0.4) is 0 Å². The van der Waals surface area contributed by atoms with Crippen molar-refractivity contribution in [2.75, 3.05) is 26.7 Å². The van der Waals surface area contributed by atoms with Crippen LogP contribution in [-0.4, -0.2) is 147 Å². The maximum Gasteiger partial charge on any atom is 0.252 e. The molecule has 22 nitrogen and oxygen atoms in total. The number of phenols is 1. The number of carbonyl (C=O) groups is 9. The van der Waals surface area contributed by atoms with Crippen LogP contribution in [-0.2, 0) is 70.5 Å². The predicted molar refractivity (Wildman–Crippen MR) is 356 cm³/mol. The van der Waals surface area contributed by atoms with Crippen molar-refractivity contribution in [3.05, 3.63) is 209 Å². The van der Waals surface area contributed by atoms with Crippen molar-refractivity contribution in [3.8, 4) is 5.75 Å². The second-order valence-electron chi connectivity index (χ2n) is 23.5. The maximum absolute atomic E-state index is 15.0. The fourth-order valence-corrected chi connectivity index (χ4v) is 10.8. The fraction of sp³-hybridized carbons (Fsp3) is 0.338. The SMILES string of the molecule is CC(=O)N[C@H](Cc1ccc2ccccc2c1)C(=O)N[C@H](Cc1ccc(Cl)cc1)C(=O)N[C@H](Cc1cccnc1)C(=O)N[C@@H](CO)C(=O)N(C)[C@@H](Cc1ccc(O)cc1)C(=O)N[C@H](CCCCNC(=O)c1cccnc1)C(=O)N[C@@H](CC(C)C)C(=O)NCCc1ccccc1. The van der Waals surface area contributed by atoms with Gasteiger partial charge in [0.15, 0.2) is 0 Å². The number of pyridine rings is 2. The van der Waals surface area contributed by atoms with Crippen molar-refractivity contribution in [3.63, 3.8) is 0 Å². The van der Waals surface area contributed by atoms with E-state index in [1.807, 2.05) is 86.6 Å². The molecule has 0 spiro atoms. The Balaban J connectivity index is 1.12. The molecule has 0 bridgehead atoms. The molecule has 5 aromatic carbocycles. The number of hydrogen-bond donors (Lipinski definition) is 10. The highest BCUT2D eigenvalue weighted by Crippen LogP contribution is 2.20. The Kier molecular flexibility index (Phi) is 27.5. The topological polar surface area (TPSA) is 319 Å². The fourth-order valence-electron chi connectivity index (χ4n) is 10.6.